The molecule has 3 N–H and O–H groups in total. The molecule has 1 aromatic heterocycles. The molecular formula is C18H14FN3OS. The highest BCUT2D eigenvalue weighted by molar-refractivity contribution is 8.05. The van der Waals surface area contributed by atoms with Gasteiger partial charge in [-0.1, -0.05) is 42.1 Å². The number of nitrogens with one attached hydrogen (secondary N) is 3. The number of aromatic nitrogens is 1. The molecule has 0 aliphatic carbocycles. The second kappa shape index (κ2) is 6.05. The van der Waals surface area contributed by atoms with Gasteiger partial charge in [0.2, 0.25) is 0 Å². The summed E-state index contributed by atoms with van der Waals surface area (Å²) < 4.78 is 13.7. The molecule has 24 heavy (non-hydrogen) atoms. The Morgan fingerprint density at radius 1 is 1.12 bits per heavy atom. The molecule has 1 amide bonds. The Bertz CT molecular complexity index is 950. The standard InChI is InChI=1S/C18H14FN3OS/c19-13-6-2-4-8-15(13)21-18-22-17(23)16(24-18)9-11-10-20-14-7-3-1-5-12(11)14/h1-10,18,20-21H,(H,22,23)/b16-9-. The summed E-state index contributed by atoms with van der Waals surface area (Å²) in [6, 6.07) is 14.3. The molecule has 1 aliphatic heterocycles. The van der Waals surface area contributed by atoms with E-state index in [0.717, 1.165) is 16.5 Å². The third-order valence-corrected chi connectivity index (χ3v) is 4.83. The van der Waals surface area contributed by atoms with Crippen molar-refractivity contribution in [2.24, 2.45) is 0 Å². The first-order valence-electron chi connectivity index (χ1n) is 7.47. The quantitative estimate of drug-likeness (QED) is 0.634. The molecule has 4 nitrogen and oxygen atoms in total. The molecule has 0 bridgehead atoms. The minimum Gasteiger partial charge on any atom is -0.361 e. The summed E-state index contributed by atoms with van der Waals surface area (Å²) in [5.41, 5.74) is 1.94. The maximum absolute atomic E-state index is 13.7. The Kier molecular flexibility index (Phi) is 3.74. The SMILES string of the molecule is O=C1NC(Nc2ccccc2F)S/C1=C\c1c[nH]c2ccccc12. The first-order valence-corrected chi connectivity index (χ1v) is 8.35. The van der Waals surface area contributed by atoms with E-state index in [1.165, 1.54) is 17.8 Å². The highest BCUT2D eigenvalue weighted by Crippen LogP contribution is 2.32. The molecule has 3 aromatic rings. The maximum Gasteiger partial charge on any atom is 0.260 e. The highest BCUT2D eigenvalue weighted by atomic mass is 32.2. The number of benzene rings is 2. The smallest absolute Gasteiger partial charge is 0.260 e. The number of para-hydroxylation sites is 2. The van der Waals surface area contributed by atoms with Crippen molar-refractivity contribution in [2.45, 2.75) is 5.50 Å². The van der Waals surface area contributed by atoms with E-state index in [1.807, 2.05) is 36.5 Å². The van der Waals surface area contributed by atoms with Gasteiger partial charge in [0.05, 0.1) is 10.6 Å². The number of H-pyrrole nitrogens is 1. The van der Waals surface area contributed by atoms with Gasteiger partial charge in [0, 0.05) is 22.7 Å². The minimum atomic E-state index is -0.397. The molecular weight excluding hydrogens is 325 g/mol. The van der Waals surface area contributed by atoms with Crippen LogP contribution in [0.25, 0.3) is 17.0 Å². The lowest BCUT2D eigenvalue weighted by Gasteiger charge is -2.12. The van der Waals surface area contributed by atoms with E-state index in [9.17, 15) is 9.18 Å². The normalized spacial score (nSPS) is 19.0. The molecule has 120 valence electrons. The molecule has 1 fully saturated rings. The fraction of sp³-hybridized carbons (Fsp3) is 0.0556. The van der Waals surface area contributed by atoms with Crippen LogP contribution < -0.4 is 10.6 Å². The van der Waals surface area contributed by atoms with E-state index in [2.05, 4.69) is 15.6 Å². The fourth-order valence-electron chi connectivity index (χ4n) is 2.64. The zero-order chi connectivity index (χ0) is 16.5. The second-order valence-electron chi connectivity index (χ2n) is 5.39. The number of anilines is 1. The highest BCUT2D eigenvalue weighted by Gasteiger charge is 2.27. The molecule has 1 unspecified atom stereocenters. The van der Waals surface area contributed by atoms with Gasteiger partial charge in [-0.15, -0.1) is 0 Å². The largest absolute Gasteiger partial charge is 0.361 e. The first-order chi connectivity index (χ1) is 11.7. The number of carbonyl (C=O) groups excluding carboxylic acids is 1. The van der Waals surface area contributed by atoms with Crippen molar-refractivity contribution in [3.63, 3.8) is 0 Å². The third-order valence-electron chi connectivity index (χ3n) is 3.80. The number of fused-ring (bicyclic) bond motifs is 1. The number of hydrogen-bond acceptors (Lipinski definition) is 3. The molecule has 2 heterocycles. The number of carbonyl (C=O) groups is 1. The molecule has 0 radical (unpaired) electrons. The van der Waals surface area contributed by atoms with Crippen molar-refractivity contribution in [1.82, 2.24) is 10.3 Å². The summed E-state index contributed by atoms with van der Waals surface area (Å²) in [6.45, 7) is 0. The van der Waals surface area contributed by atoms with Gasteiger partial charge in [-0.25, -0.2) is 4.39 Å². The molecule has 4 rings (SSSR count). The van der Waals surface area contributed by atoms with Gasteiger partial charge < -0.3 is 15.6 Å². The first kappa shape index (κ1) is 14.8. The minimum absolute atomic E-state index is 0.167. The van der Waals surface area contributed by atoms with Crippen molar-refractivity contribution in [3.05, 3.63) is 71.0 Å². The monoisotopic (exact) mass is 339 g/mol. The van der Waals surface area contributed by atoms with E-state index < -0.39 is 5.50 Å². The molecule has 2 aromatic carbocycles. The van der Waals surface area contributed by atoms with Gasteiger partial charge in [0.1, 0.15) is 5.82 Å². The number of rotatable bonds is 3. The lowest BCUT2D eigenvalue weighted by molar-refractivity contribution is -0.116. The van der Waals surface area contributed by atoms with E-state index in [-0.39, 0.29) is 11.7 Å². The molecule has 0 saturated carbocycles. The molecule has 6 heteroatoms. The van der Waals surface area contributed by atoms with Crippen molar-refractivity contribution in [1.29, 1.82) is 0 Å². The van der Waals surface area contributed by atoms with E-state index in [4.69, 9.17) is 0 Å². The van der Waals surface area contributed by atoms with Crippen LogP contribution in [0.5, 0.6) is 0 Å². The van der Waals surface area contributed by atoms with E-state index >= 15 is 0 Å². The summed E-state index contributed by atoms with van der Waals surface area (Å²) in [5.74, 6) is -0.513. The van der Waals surface area contributed by atoms with Gasteiger partial charge in [-0.05, 0) is 24.3 Å². The fourth-order valence-corrected chi connectivity index (χ4v) is 3.61. The van der Waals surface area contributed by atoms with Gasteiger partial charge in [0.25, 0.3) is 5.91 Å². The van der Waals surface area contributed by atoms with Crippen LogP contribution in [-0.4, -0.2) is 16.4 Å². The Balaban J connectivity index is 1.57. The summed E-state index contributed by atoms with van der Waals surface area (Å²) >= 11 is 1.34. The van der Waals surface area contributed by atoms with Gasteiger partial charge >= 0.3 is 0 Å². The van der Waals surface area contributed by atoms with Gasteiger partial charge in [-0.2, -0.15) is 0 Å². The molecule has 1 atom stereocenters. The Labute approximate surface area is 142 Å². The van der Waals surface area contributed by atoms with Gasteiger partial charge in [-0.3, -0.25) is 4.79 Å². The van der Waals surface area contributed by atoms with E-state index in [1.54, 1.807) is 18.2 Å². The maximum atomic E-state index is 13.7. The number of hydrogen-bond donors (Lipinski definition) is 3. The van der Waals surface area contributed by atoms with Crippen LogP contribution in [-0.2, 0) is 4.79 Å². The van der Waals surface area contributed by atoms with Crippen molar-refractivity contribution < 1.29 is 9.18 Å². The average Bonchev–Trinajstić information content (AvgIpc) is 3.14. The van der Waals surface area contributed by atoms with Crippen LogP contribution in [0.15, 0.2) is 59.6 Å². The summed E-state index contributed by atoms with van der Waals surface area (Å²) in [4.78, 5) is 16.0. The average molecular weight is 339 g/mol. The van der Waals surface area contributed by atoms with Gasteiger partial charge in [0.15, 0.2) is 5.50 Å². The summed E-state index contributed by atoms with van der Waals surface area (Å²) in [5, 5.41) is 6.86. The lowest BCUT2D eigenvalue weighted by atomic mass is 10.1. The number of aromatic amines is 1. The van der Waals surface area contributed by atoms with Crippen molar-refractivity contribution in [2.75, 3.05) is 5.32 Å². The topological polar surface area (TPSA) is 56.9 Å². The molecule has 1 saturated heterocycles. The molecule has 0 spiro atoms. The lowest BCUT2D eigenvalue weighted by Crippen LogP contribution is -2.31. The zero-order valence-electron chi connectivity index (χ0n) is 12.5. The van der Waals surface area contributed by atoms with Crippen LogP contribution >= 0.6 is 11.8 Å². The Hall–Kier alpha value is -2.73. The number of halogens is 1. The Morgan fingerprint density at radius 3 is 2.79 bits per heavy atom. The number of thioether (sulfide) groups is 1. The van der Waals surface area contributed by atoms with Crippen LogP contribution in [0, 0.1) is 5.82 Å². The van der Waals surface area contributed by atoms with E-state index in [0.29, 0.717) is 10.6 Å². The van der Waals surface area contributed by atoms with Crippen LogP contribution in [0.1, 0.15) is 5.56 Å². The zero-order valence-corrected chi connectivity index (χ0v) is 13.4. The predicted octanol–water partition coefficient (Wildman–Crippen LogP) is 3.91. The van der Waals surface area contributed by atoms with Crippen LogP contribution in [0.3, 0.4) is 0 Å². The van der Waals surface area contributed by atoms with Crippen LogP contribution in [0.4, 0.5) is 10.1 Å². The Morgan fingerprint density at radius 2 is 1.92 bits per heavy atom. The molecule has 1 aliphatic rings. The number of amides is 1. The third kappa shape index (κ3) is 2.76. The van der Waals surface area contributed by atoms with Crippen molar-refractivity contribution in [3.8, 4) is 0 Å². The summed E-state index contributed by atoms with van der Waals surface area (Å²) in [6.07, 6.45) is 3.73. The van der Waals surface area contributed by atoms with Crippen LogP contribution in [0.2, 0.25) is 0 Å². The second-order valence-corrected chi connectivity index (χ2v) is 6.54. The summed E-state index contributed by atoms with van der Waals surface area (Å²) in [7, 11) is 0. The predicted molar refractivity (Wildman–Crippen MR) is 95.8 cm³/mol. The van der Waals surface area contributed by atoms with Crippen molar-refractivity contribution >= 4 is 40.3 Å².